The van der Waals surface area contributed by atoms with E-state index in [1.807, 2.05) is 35.2 Å². The fraction of sp³-hybridized carbons (Fsp3) is 0.435. The van der Waals surface area contributed by atoms with Crippen LogP contribution < -0.4 is 9.47 Å². The highest BCUT2D eigenvalue weighted by Gasteiger charge is 2.32. The molecule has 1 saturated heterocycles. The van der Waals surface area contributed by atoms with Gasteiger partial charge in [-0.1, -0.05) is 41.4 Å². The molecule has 0 bridgehead atoms. The molecule has 1 aliphatic heterocycles. The summed E-state index contributed by atoms with van der Waals surface area (Å²) in [5.41, 5.74) is 1.97. The Kier molecular flexibility index (Phi) is 6.21. The maximum atomic E-state index is 12.6. The van der Waals surface area contributed by atoms with Gasteiger partial charge in [0.15, 0.2) is 11.5 Å². The van der Waals surface area contributed by atoms with Crippen LogP contribution in [0.2, 0.25) is 10.0 Å². The predicted molar refractivity (Wildman–Crippen MR) is 115 cm³/mol. The van der Waals surface area contributed by atoms with E-state index in [2.05, 4.69) is 0 Å². The Morgan fingerprint density at radius 2 is 1.90 bits per heavy atom. The molecule has 0 N–H and O–H groups in total. The number of methoxy groups -OCH3 is 1. The summed E-state index contributed by atoms with van der Waals surface area (Å²) in [4.78, 5) is 14.5. The molecule has 1 amide bonds. The molecule has 2 aromatic carbocycles. The van der Waals surface area contributed by atoms with Crippen molar-refractivity contribution in [2.24, 2.45) is 0 Å². The van der Waals surface area contributed by atoms with Crippen LogP contribution in [0.1, 0.15) is 49.1 Å². The number of rotatable bonds is 6. The number of hydrogen-bond donors (Lipinski definition) is 0. The molecule has 1 saturated carbocycles. The van der Waals surface area contributed by atoms with E-state index in [0.29, 0.717) is 29.6 Å². The van der Waals surface area contributed by atoms with Crippen molar-refractivity contribution >= 4 is 29.1 Å². The zero-order valence-electron chi connectivity index (χ0n) is 16.5. The maximum absolute atomic E-state index is 12.6. The van der Waals surface area contributed by atoms with Gasteiger partial charge in [-0.3, -0.25) is 4.79 Å². The van der Waals surface area contributed by atoms with Crippen LogP contribution in [0.5, 0.6) is 11.5 Å². The topological polar surface area (TPSA) is 38.8 Å². The van der Waals surface area contributed by atoms with Crippen molar-refractivity contribution in [1.82, 2.24) is 4.90 Å². The van der Waals surface area contributed by atoms with Gasteiger partial charge in [-0.2, -0.15) is 0 Å². The van der Waals surface area contributed by atoms with Crippen molar-refractivity contribution in [1.29, 1.82) is 0 Å². The molecule has 0 spiro atoms. The van der Waals surface area contributed by atoms with Crippen LogP contribution in [0.25, 0.3) is 0 Å². The fourth-order valence-corrected chi connectivity index (χ4v) is 4.63. The molecule has 0 aromatic heterocycles. The van der Waals surface area contributed by atoms with E-state index in [-0.39, 0.29) is 17.9 Å². The number of hydrogen-bond acceptors (Lipinski definition) is 3. The first-order chi connectivity index (χ1) is 14.0. The zero-order chi connectivity index (χ0) is 20.4. The van der Waals surface area contributed by atoms with Crippen LogP contribution in [0, 0.1) is 0 Å². The van der Waals surface area contributed by atoms with Crippen LogP contribution >= 0.6 is 23.2 Å². The first-order valence-electron chi connectivity index (χ1n) is 10.1. The number of amides is 1. The highest BCUT2D eigenvalue weighted by atomic mass is 35.5. The summed E-state index contributed by atoms with van der Waals surface area (Å²) in [7, 11) is 1.66. The smallest absolute Gasteiger partial charge is 0.223 e. The van der Waals surface area contributed by atoms with Gasteiger partial charge in [0.2, 0.25) is 5.91 Å². The summed E-state index contributed by atoms with van der Waals surface area (Å²) in [5.74, 6) is 1.77. The van der Waals surface area contributed by atoms with Crippen molar-refractivity contribution in [2.45, 2.75) is 50.7 Å². The Morgan fingerprint density at radius 3 is 2.66 bits per heavy atom. The molecule has 1 heterocycles. The molecule has 154 valence electrons. The van der Waals surface area contributed by atoms with E-state index in [0.717, 1.165) is 35.5 Å². The fourth-order valence-electron chi connectivity index (χ4n) is 4.25. The molecule has 2 aliphatic rings. The lowest BCUT2D eigenvalue weighted by Crippen LogP contribution is -2.24. The quantitative estimate of drug-likeness (QED) is 0.574. The van der Waals surface area contributed by atoms with E-state index in [9.17, 15) is 4.79 Å². The van der Waals surface area contributed by atoms with Gasteiger partial charge < -0.3 is 14.4 Å². The van der Waals surface area contributed by atoms with Crippen LogP contribution in [-0.2, 0) is 11.3 Å². The second-order valence-electron chi connectivity index (χ2n) is 7.82. The third-order valence-electron chi connectivity index (χ3n) is 5.86. The molecule has 0 radical (unpaired) electrons. The van der Waals surface area contributed by atoms with Gasteiger partial charge in [0, 0.05) is 25.4 Å². The summed E-state index contributed by atoms with van der Waals surface area (Å²) >= 11 is 12.4. The summed E-state index contributed by atoms with van der Waals surface area (Å²) in [6.45, 7) is 1.12. The number of ether oxygens (including phenoxy) is 2. The molecule has 2 fully saturated rings. The minimum absolute atomic E-state index is 0.122. The zero-order valence-corrected chi connectivity index (χ0v) is 18.0. The normalized spacial score (nSPS) is 19.8. The van der Waals surface area contributed by atoms with Crippen molar-refractivity contribution in [3.63, 3.8) is 0 Å². The second-order valence-corrected chi connectivity index (χ2v) is 8.61. The molecule has 1 aliphatic carbocycles. The SMILES string of the molecule is COc1ccc([C@@H]2CC(=O)N(Cc3cccc(Cl)c3Cl)C2)cc1OC1CCCC1. The van der Waals surface area contributed by atoms with Gasteiger partial charge in [0.05, 0.1) is 23.3 Å². The van der Waals surface area contributed by atoms with E-state index in [1.165, 1.54) is 12.8 Å². The Labute approximate surface area is 181 Å². The van der Waals surface area contributed by atoms with Crippen molar-refractivity contribution in [3.8, 4) is 11.5 Å². The highest BCUT2D eigenvalue weighted by Crippen LogP contribution is 2.37. The first-order valence-corrected chi connectivity index (χ1v) is 10.9. The summed E-state index contributed by atoms with van der Waals surface area (Å²) in [5, 5.41) is 1.03. The number of benzene rings is 2. The minimum Gasteiger partial charge on any atom is -0.493 e. The van der Waals surface area contributed by atoms with Crippen molar-refractivity contribution in [2.75, 3.05) is 13.7 Å². The van der Waals surface area contributed by atoms with E-state index >= 15 is 0 Å². The molecule has 1 atom stereocenters. The standard InChI is InChI=1S/C23H25Cl2NO3/c1-28-20-10-9-15(11-21(20)29-18-6-2-3-7-18)17-12-22(27)26(14-17)13-16-5-4-8-19(24)23(16)25/h4-5,8-11,17-18H,2-3,6-7,12-14H2,1H3/t17-/m1/s1. The molecule has 4 rings (SSSR count). The average molecular weight is 434 g/mol. The Balaban J connectivity index is 1.50. The van der Waals surface area contributed by atoms with Crippen LogP contribution in [0.15, 0.2) is 36.4 Å². The number of nitrogens with zero attached hydrogens (tertiary/aromatic N) is 1. The third kappa shape index (κ3) is 4.49. The summed E-state index contributed by atoms with van der Waals surface area (Å²) in [6, 6.07) is 11.6. The predicted octanol–water partition coefficient (Wildman–Crippen LogP) is 5.84. The monoisotopic (exact) mass is 433 g/mol. The van der Waals surface area contributed by atoms with Gasteiger partial charge in [0.1, 0.15) is 0 Å². The lowest BCUT2D eigenvalue weighted by atomic mass is 9.98. The molecule has 2 aromatic rings. The van der Waals surface area contributed by atoms with Gasteiger partial charge >= 0.3 is 0 Å². The number of carbonyl (C=O) groups excluding carboxylic acids is 1. The minimum atomic E-state index is 0.122. The van der Waals surface area contributed by atoms with E-state index < -0.39 is 0 Å². The average Bonchev–Trinajstić information content (AvgIpc) is 3.35. The molecule has 6 heteroatoms. The third-order valence-corrected chi connectivity index (χ3v) is 6.72. The van der Waals surface area contributed by atoms with Crippen LogP contribution in [0.3, 0.4) is 0 Å². The Bertz CT molecular complexity index is 896. The molecular weight excluding hydrogens is 409 g/mol. The Morgan fingerprint density at radius 1 is 1.10 bits per heavy atom. The lowest BCUT2D eigenvalue weighted by Gasteiger charge is -2.20. The van der Waals surface area contributed by atoms with Gasteiger partial charge in [-0.25, -0.2) is 0 Å². The second kappa shape index (κ2) is 8.85. The molecule has 0 unspecified atom stereocenters. The van der Waals surface area contributed by atoms with Gasteiger partial charge in [-0.15, -0.1) is 0 Å². The van der Waals surface area contributed by atoms with Crippen LogP contribution in [0.4, 0.5) is 0 Å². The molecule has 29 heavy (non-hydrogen) atoms. The van der Waals surface area contributed by atoms with Gasteiger partial charge in [-0.05, 0) is 55.0 Å². The van der Waals surface area contributed by atoms with Crippen molar-refractivity contribution < 1.29 is 14.3 Å². The number of carbonyl (C=O) groups is 1. The highest BCUT2D eigenvalue weighted by molar-refractivity contribution is 6.42. The molecule has 4 nitrogen and oxygen atoms in total. The van der Waals surface area contributed by atoms with E-state index in [1.54, 1.807) is 13.2 Å². The van der Waals surface area contributed by atoms with Crippen molar-refractivity contribution in [3.05, 3.63) is 57.6 Å². The first kappa shape index (κ1) is 20.4. The van der Waals surface area contributed by atoms with Crippen LogP contribution in [-0.4, -0.2) is 30.6 Å². The summed E-state index contributed by atoms with van der Waals surface area (Å²) in [6.07, 6.45) is 5.33. The Hall–Kier alpha value is -1.91. The number of halogens is 2. The summed E-state index contributed by atoms with van der Waals surface area (Å²) < 4.78 is 11.7. The number of likely N-dealkylation sites (tertiary alicyclic amines) is 1. The maximum Gasteiger partial charge on any atom is 0.223 e. The molecular formula is C23H25Cl2NO3. The largest absolute Gasteiger partial charge is 0.493 e. The lowest BCUT2D eigenvalue weighted by molar-refractivity contribution is -0.128. The van der Waals surface area contributed by atoms with E-state index in [4.69, 9.17) is 32.7 Å². The van der Waals surface area contributed by atoms with Gasteiger partial charge in [0.25, 0.3) is 0 Å².